The molecule has 0 aliphatic carbocycles. The average molecular weight is 253 g/mol. The van der Waals surface area contributed by atoms with Crippen molar-refractivity contribution in [3.05, 3.63) is 48.3 Å². The third kappa shape index (κ3) is 5.91. The molecule has 100 valence electrons. The van der Waals surface area contributed by atoms with E-state index in [0.29, 0.717) is 31.9 Å². The zero-order chi connectivity index (χ0) is 13.2. The van der Waals surface area contributed by atoms with Gasteiger partial charge >= 0.3 is 0 Å². The summed E-state index contributed by atoms with van der Waals surface area (Å²) in [7, 11) is 0. The number of ether oxygens (including phenoxy) is 1. The van der Waals surface area contributed by atoms with Crippen molar-refractivity contribution in [1.29, 1.82) is 0 Å². The Morgan fingerprint density at radius 2 is 2.28 bits per heavy atom. The van der Waals surface area contributed by atoms with Crippen molar-refractivity contribution >= 4 is 0 Å². The first-order valence-electron chi connectivity index (χ1n) is 6.07. The van der Waals surface area contributed by atoms with E-state index >= 15 is 0 Å². The molecule has 1 rings (SSSR count). The van der Waals surface area contributed by atoms with Gasteiger partial charge in [0, 0.05) is 13.1 Å². The Balaban J connectivity index is 2.13. The molecule has 1 atom stereocenters. The molecule has 0 saturated heterocycles. The Hall–Kier alpha value is -1.23. The van der Waals surface area contributed by atoms with E-state index in [1.54, 1.807) is 18.2 Å². The van der Waals surface area contributed by atoms with Crippen LogP contribution in [0.5, 0.6) is 0 Å². The second-order valence-corrected chi connectivity index (χ2v) is 3.96. The molecule has 0 bridgehead atoms. The maximum atomic E-state index is 12.9. The predicted octanol–water partition coefficient (Wildman–Crippen LogP) is 2.04. The number of benzene rings is 1. The highest BCUT2D eigenvalue weighted by atomic mass is 19.1. The SMILES string of the molecule is C=CCCOCCNCC(O)c1cccc(F)c1. The Labute approximate surface area is 107 Å². The fraction of sp³-hybridized carbons (Fsp3) is 0.429. The van der Waals surface area contributed by atoms with Gasteiger partial charge in [0.1, 0.15) is 5.82 Å². The summed E-state index contributed by atoms with van der Waals surface area (Å²) in [6.07, 6.45) is 1.95. The van der Waals surface area contributed by atoms with Crippen molar-refractivity contribution in [2.24, 2.45) is 0 Å². The van der Waals surface area contributed by atoms with E-state index in [1.165, 1.54) is 12.1 Å². The van der Waals surface area contributed by atoms with E-state index in [0.717, 1.165) is 6.42 Å². The highest BCUT2D eigenvalue weighted by Gasteiger charge is 2.07. The van der Waals surface area contributed by atoms with Crippen LogP contribution in [0, 0.1) is 5.82 Å². The minimum Gasteiger partial charge on any atom is -0.387 e. The molecule has 18 heavy (non-hydrogen) atoms. The quantitative estimate of drug-likeness (QED) is 0.523. The monoisotopic (exact) mass is 253 g/mol. The van der Waals surface area contributed by atoms with Gasteiger partial charge < -0.3 is 15.2 Å². The number of hydrogen-bond acceptors (Lipinski definition) is 3. The lowest BCUT2D eigenvalue weighted by molar-refractivity contribution is 0.131. The number of nitrogens with one attached hydrogen (secondary N) is 1. The standard InChI is InChI=1S/C14H20FNO2/c1-2-3-8-18-9-7-16-11-14(17)12-5-4-6-13(15)10-12/h2,4-6,10,14,16-17H,1,3,7-9,11H2. The Morgan fingerprint density at radius 1 is 1.44 bits per heavy atom. The highest BCUT2D eigenvalue weighted by Crippen LogP contribution is 2.12. The van der Waals surface area contributed by atoms with Gasteiger partial charge in [-0.3, -0.25) is 0 Å². The Kier molecular flexibility index (Phi) is 7.25. The molecule has 3 nitrogen and oxygen atoms in total. The summed E-state index contributed by atoms with van der Waals surface area (Å²) in [5.41, 5.74) is 0.579. The summed E-state index contributed by atoms with van der Waals surface area (Å²) in [4.78, 5) is 0. The van der Waals surface area contributed by atoms with Gasteiger partial charge in [0.25, 0.3) is 0 Å². The summed E-state index contributed by atoms with van der Waals surface area (Å²) < 4.78 is 18.2. The molecule has 0 radical (unpaired) electrons. The first kappa shape index (κ1) is 14.8. The average Bonchev–Trinajstić information content (AvgIpc) is 2.37. The largest absolute Gasteiger partial charge is 0.387 e. The third-order valence-corrected chi connectivity index (χ3v) is 2.46. The molecule has 0 amide bonds. The summed E-state index contributed by atoms with van der Waals surface area (Å²) in [6, 6.07) is 5.99. The van der Waals surface area contributed by atoms with Gasteiger partial charge in [0.05, 0.1) is 19.3 Å². The highest BCUT2D eigenvalue weighted by molar-refractivity contribution is 5.18. The molecule has 0 aliphatic heterocycles. The Morgan fingerprint density at radius 3 is 3.00 bits per heavy atom. The van der Waals surface area contributed by atoms with Gasteiger partial charge in [0.15, 0.2) is 0 Å². The number of rotatable bonds is 9. The van der Waals surface area contributed by atoms with Gasteiger partial charge in [-0.05, 0) is 24.1 Å². The number of aliphatic hydroxyl groups excluding tert-OH is 1. The molecule has 1 unspecified atom stereocenters. The summed E-state index contributed by atoms with van der Waals surface area (Å²) in [5.74, 6) is -0.334. The van der Waals surface area contributed by atoms with Crippen molar-refractivity contribution in [1.82, 2.24) is 5.32 Å². The number of aliphatic hydroxyl groups is 1. The summed E-state index contributed by atoms with van der Waals surface area (Å²) >= 11 is 0. The maximum absolute atomic E-state index is 12.9. The van der Waals surface area contributed by atoms with Gasteiger partial charge in [-0.1, -0.05) is 18.2 Å². The molecule has 2 N–H and O–H groups in total. The zero-order valence-corrected chi connectivity index (χ0v) is 10.4. The van der Waals surface area contributed by atoms with Crippen LogP contribution in [0.25, 0.3) is 0 Å². The van der Waals surface area contributed by atoms with Crippen LogP contribution in [-0.4, -0.2) is 31.4 Å². The van der Waals surface area contributed by atoms with E-state index in [9.17, 15) is 9.50 Å². The van der Waals surface area contributed by atoms with Crippen molar-refractivity contribution in [2.75, 3.05) is 26.3 Å². The van der Waals surface area contributed by atoms with Crippen LogP contribution >= 0.6 is 0 Å². The van der Waals surface area contributed by atoms with E-state index in [1.807, 2.05) is 0 Å². The van der Waals surface area contributed by atoms with E-state index in [2.05, 4.69) is 11.9 Å². The minimum atomic E-state index is -0.700. The molecule has 0 saturated carbocycles. The zero-order valence-electron chi connectivity index (χ0n) is 10.4. The maximum Gasteiger partial charge on any atom is 0.123 e. The molecule has 0 aromatic heterocycles. The summed E-state index contributed by atoms with van der Waals surface area (Å²) in [6.45, 7) is 5.89. The molecule has 1 aromatic rings. The minimum absolute atomic E-state index is 0.334. The van der Waals surface area contributed by atoms with Crippen LogP contribution in [0.4, 0.5) is 4.39 Å². The first-order valence-corrected chi connectivity index (χ1v) is 6.07. The molecule has 4 heteroatoms. The molecule has 0 heterocycles. The van der Waals surface area contributed by atoms with E-state index < -0.39 is 6.10 Å². The Bertz CT molecular complexity index is 357. The van der Waals surface area contributed by atoms with Crippen molar-refractivity contribution in [3.8, 4) is 0 Å². The molecular formula is C14H20FNO2. The molecule has 0 aliphatic rings. The summed E-state index contributed by atoms with van der Waals surface area (Å²) in [5, 5.41) is 12.9. The molecule has 0 spiro atoms. The smallest absolute Gasteiger partial charge is 0.123 e. The van der Waals surface area contributed by atoms with Gasteiger partial charge in [-0.25, -0.2) is 4.39 Å². The van der Waals surface area contributed by atoms with Crippen LogP contribution < -0.4 is 5.32 Å². The van der Waals surface area contributed by atoms with Gasteiger partial charge in [0.2, 0.25) is 0 Å². The van der Waals surface area contributed by atoms with E-state index in [4.69, 9.17) is 4.74 Å². The normalized spacial score (nSPS) is 12.3. The number of hydrogen-bond donors (Lipinski definition) is 2. The van der Waals surface area contributed by atoms with Gasteiger partial charge in [-0.15, -0.1) is 6.58 Å². The van der Waals surface area contributed by atoms with Crippen molar-refractivity contribution < 1.29 is 14.2 Å². The van der Waals surface area contributed by atoms with Crippen molar-refractivity contribution in [2.45, 2.75) is 12.5 Å². The van der Waals surface area contributed by atoms with E-state index in [-0.39, 0.29) is 5.82 Å². The molecular weight excluding hydrogens is 233 g/mol. The first-order chi connectivity index (χ1) is 8.74. The van der Waals surface area contributed by atoms with Crippen LogP contribution in [0.3, 0.4) is 0 Å². The topological polar surface area (TPSA) is 41.5 Å². The lowest BCUT2D eigenvalue weighted by atomic mass is 10.1. The fourth-order valence-corrected chi connectivity index (χ4v) is 1.48. The van der Waals surface area contributed by atoms with Crippen LogP contribution in [0.1, 0.15) is 18.1 Å². The molecule has 1 aromatic carbocycles. The van der Waals surface area contributed by atoms with Crippen LogP contribution in [-0.2, 0) is 4.74 Å². The number of halogens is 1. The predicted molar refractivity (Wildman–Crippen MR) is 69.9 cm³/mol. The van der Waals surface area contributed by atoms with Crippen molar-refractivity contribution in [3.63, 3.8) is 0 Å². The van der Waals surface area contributed by atoms with Crippen LogP contribution in [0.15, 0.2) is 36.9 Å². The van der Waals surface area contributed by atoms with Crippen LogP contribution in [0.2, 0.25) is 0 Å². The van der Waals surface area contributed by atoms with Gasteiger partial charge in [-0.2, -0.15) is 0 Å². The lowest BCUT2D eigenvalue weighted by Crippen LogP contribution is -2.25. The molecule has 0 fully saturated rings. The fourth-order valence-electron chi connectivity index (χ4n) is 1.48. The second kappa shape index (κ2) is 8.80. The third-order valence-electron chi connectivity index (χ3n) is 2.46. The lowest BCUT2D eigenvalue weighted by Gasteiger charge is -2.12. The second-order valence-electron chi connectivity index (χ2n) is 3.96.